The topological polar surface area (TPSA) is 59.9 Å². The third-order valence-electron chi connectivity index (χ3n) is 6.16. The normalized spacial score (nSPS) is 18.0. The Hall–Kier alpha value is -2.44. The van der Waals surface area contributed by atoms with Gasteiger partial charge in [0.2, 0.25) is 0 Å². The molecule has 30 heavy (non-hydrogen) atoms. The largest absolute Gasteiger partial charge is 0.390 e. The van der Waals surface area contributed by atoms with Crippen LogP contribution in [0.5, 0.6) is 0 Å². The Bertz CT molecular complexity index is 883. The average molecular weight is 409 g/mol. The van der Waals surface area contributed by atoms with Crippen molar-refractivity contribution in [3.8, 4) is 0 Å². The Balaban J connectivity index is 1.27. The van der Waals surface area contributed by atoms with Gasteiger partial charge in [0.05, 0.1) is 6.10 Å². The summed E-state index contributed by atoms with van der Waals surface area (Å²) in [5.74, 6) is 0. The molecule has 1 unspecified atom stereocenters. The Morgan fingerprint density at radius 3 is 2.67 bits per heavy atom. The number of carbonyl (C=O) groups excluding carboxylic acids is 1. The fraction of sp³-hybridized carbons (Fsp3) is 0.500. The minimum Gasteiger partial charge on any atom is -0.390 e. The highest BCUT2D eigenvalue weighted by Crippen LogP contribution is 2.21. The van der Waals surface area contributed by atoms with Crippen LogP contribution in [0.15, 0.2) is 36.5 Å². The summed E-state index contributed by atoms with van der Waals surface area (Å²) in [4.78, 5) is 23.1. The molecule has 1 aromatic carbocycles. The van der Waals surface area contributed by atoms with Gasteiger partial charge in [0.1, 0.15) is 0 Å². The third-order valence-corrected chi connectivity index (χ3v) is 6.16. The van der Waals surface area contributed by atoms with E-state index in [1.807, 2.05) is 23.2 Å². The summed E-state index contributed by atoms with van der Waals surface area (Å²) in [6, 6.07) is 10.7. The van der Waals surface area contributed by atoms with Crippen molar-refractivity contribution in [3.63, 3.8) is 0 Å². The predicted octanol–water partition coefficient (Wildman–Crippen LogP) is 2.61. The lowest BCUT2D eigenvalue weighted by molar-refractivity contribution is 0.0812. The molecule has 1 N–H and O–H groups in total. The maximum Gasteiger partial charge on any atom is 0.320 e. The minimum atomic E-state index is -0.536. The maximum absolute atomic E-state index is 12.8. The second kappa shape index (κ2) is 9.14. The van der Waals surface area contributed by atoms with E-state index < -0.39 is 6.10 Å². The molecule has 0 saturated carbocycles. The van der Waals surface area contributed by atoms with Crippen molar-refractivity contribution in [2.75, 3.05) is 32.7 Å². The number of aliphatic hydroxyl groups excluding tert-OH is 1. The number of hydrogen-bond donors (Lipinski definition) is 1. The molecule has 2 aliphatic rings. The molecule has 2 amide bonds. The van der Waals surface area contributed by atoms with E-state index in [0.29, 0.717) is 32.7 Å². The van der Waals surface area contributed by atoms with E-state index >= 15 is 0 Å². The highest BCUT2D eigenvalue weighted by Gasteiger charge is 2.30. The number of aliphatic hydroxyl groups is 1. The molecular formula is C24H32N4O2. The standard InChI is InChI=1S/C24H32N4O2/c1-3-22-7-5-19(13-25-22)14-27-10-11-28(24(27)30)17-23(29)16-26-9-8-20-6-4-18(2)12-21(20)15-26/h4-7,12-13,23,29H,3,8-11,14-17H2,1-2H3. The molecule has 1 atom stereocenters. The van der Waals surface area contributed by atoms with E-state index in [-0.39, 0.29) is 6.03 Å². The van der Waals surface area contributed by atoms with Crippen LogP contribution in [-0.4, -0.2) is 69.6 Å². The molecule has 0 radical (unpaired) electrons. The van der Waals surface area contributed by atoms with Gasteiger partial charge in [-0.1, -0.05) is 36.8 Å². The molecule has 6 heteroatoms. The van der Waals surface area contributed by atoms with Gasteiger partial charge < -0.3 is 14.9 Å². The SMILES string of the molecule is CCc1ccc(CN2CCN(CC(O)CN3CCc4ccc(C)cc4C3)C2=O)cn1. The van der Waals surface area contributed by atoms with Crippen molar-refractivity contribution < 1.29 is 9.90 Å². The van der Waals surface area contributed by atoms with Gasteiger partial charge in [0.15, 0.2) is 0 Å². The second-order valence-electron chi connectivity index (χ2n) is 8.57. The zero-order valence-corrected chi connectivity index (χ0v) is 18.0. The summed E-state index contributed by atoms with van der Waals surface area (Å²) in [6.45, 7) is 8.94. The number of pyridine rings is 1. The fourth-order valence-electron chi connectivity index (χ4n) is 4.44. The number of nitrogens with zero attached hydrogens (tertiary/aromatic N) is 4. The number of aryl methyl sites for hydroxylation is 2. The highest BCUT2D eigenvalue weighted by atomic mass is 16.3. The summed E-state index contributed by atoms with van der Waals surface area (Å²) in [6.07, 6.45) is 3.26. The smallest absolute Gasteiger partial charge is 0.320 e. The van der Waals surface area contributed by atoms with Gasteiger partial charge in [-0.05, 0) is 42.5 Å². The molecule has 1 aromatic heterocycles. The summed E-state index contributed by atoms with van der Waals surface area (Å²) >= 11 is 0. The predicted molar refractivity (Wildman–Crippen MR) is 117 cm³/mol. The maximum atomic E-state index is 12.8. The number of β-amino-alcohol motifs (C(OH)–C–C–N with tert-alkyl or cyclic N) is 1. The number of carbonyl (C=O) groups is 1. The first-order valence-electron chi connectivity index (χ1n) is 11.0. The summed E-state index contributed by atoms with van der Waals surface area (Å²) < 4.78 is 0. The van der Waals surface area contributed by atoms with Crippen LogP contribution in [0.2, 0.25) is 0 Å². The van der Waals surface area contributed by atoms with Crippen molar-refractivity contribution in [2.24, 2.45) is 0 Å². The second-order valence-corrected chi connectivity index (χ2v) is 8.57. The van der Waals surface area contributed by atoms with E-state index in [9.17, 15) is 9.90 Å². The molecule has 0 bridgehead atoms. The van der Waals surface area contributed by atoms with Crippen LogP contribution in [0, 0.1) is 6.92 Å². The van der Waals surface area contributed by atoms with Crippen molar-refractivity contribution in [2.45, 2.75) is 45.9 Å². The third kappa shape index (κ3) is 4.82. The quantitative estimate of drug-likeness (QED) is 0.765. The van der Waals surface area contributed by atoms with E-state index in [4.69, 9.17) is 0 Å². The van der Waals surface area contributed by atoms with Crippen molar-refractivity contribution in [1.82, 2.24) is 19.7 Å². The van der Waals surface area contributed by atoms with Gasteiger partial charge >= 0.3 is 6.03 Å². The van der Waals surface area contributed by atoms with Crippen LogP contribution in [0.1, 0.15) is 34.9 Å². The van der Waals surface area contributed by atoms with Gasteiger partial charge in [-0.3, -0.25) is 9.88 Å². The Labute approximate surface area is 179 Å². The average Bonchev–Trinajstić information content (AvgIpc) is 3.07. The van der Waals surface area contributed by atoms with Crippen LogP contribution in [0.3, 0.4) is 0 Å². The van der Waals surface area contributed by atoms with Gasteiger partial charge in [-0.2, -0.15) is 0 Å². The zero-order chi connectivity index (χ0) is 21.1. The molecule has 0 aliphatic carbocycles. The first-order chi connectivity index (χ1) is 14.5. The fourth-order valence-corrected chi connectivity index (χ4v) is 4.44. The molecule has 2 aliphatic heterocycles. The summed E-state index contributed by atoms with van der Waals surface area (Å²) in [7, 11) is 0. The number of hydrogen-bond acceptors (Lipinski definition) is 4. The van der Waals surface area contributed by atoms with Crippen molar-refractivity contribution in [1.29, 1.82) is 0 Å². The molecule has 4 rings (SSSR count). The Morgan fingerprint density at radius 2 is 1.90 bits per heavy atom. The lowest BCUT2D eigenvalue weighted by atomic mass is 9.97. The van der Waals surface area contributed by atoms with E-state index in [1.165, 1.54) is 16.7 Å². The molecular weight excluding hydrogens is 376 g/mol. The zero-order valence-electron chi connectivity index (χ0n) is 18.0. The van der Waals surface area contributed by atoms with E-state index in [2.05, 4.69) is 41.9 Å². The first kappa shape index (κ1) is 20.8. The van der Waals surface area contributed by atoms with E-state index in [0.717, 1.165) is 37.2 Å². The summed E-state index contributed by atoms with van der Waals surface area (Å²) in [5, 5.41) is 10.7. The van der Waals surface area contributed by atoms with Gasteiger partial charge in [-0.15, -0.1) is 0 Å². The minimum absolute atomic E-state index is 0.00762. The molecule has 1 fully saturated rings. The van der Waals surface area contributed by atoms with Gasteiger partial charge in [0, 0.05) is 57.7 Å². The van der Waals surface area contributed by atoms with Gasteiger partial charge in [0.25, 0.3) is 0 Å². The highest BCUT2D eigenvalue weighted by molar-refractivity contribution is 5.76. The molecule has 3 heterocycles. The number of benzene rings is 1. The first-order valence-corrected chi connectivity index (χ1v) is 11.0. The Kier molecular flexibility index (Phi) is 6.35. The van der Waals surface area contributed by atoms with Crippen LogP contribution in [0.25, 0.3) is 0 Å². The van der Waals surface area contributed by atoms with Crippen molar-refractivity contribution in [3.05, 3.63) is 64.5 Å². The monoisotopic (exact) mass is 408 g/mol. The van der Waals surface area contributed by atoms with Crippen LogP contribution in [0.4, 0.5) is 4.79 Å². The molecule has 0 spiro atoms. The molecule has 6 nitrogen and oxygen atoms in total. The lowest BCUT2D eigenvalue weighted by Gasteiger charge is -2.31. The van der Waals surface area contributed by atoms with Crippen molar-refractivity contribution >= 4 is 6.03 Å². The summed E-state index contributed by atoms with van der Waals surface area (Å²) in [5.41, 5.74) is 6.16. The Morgan fingerprint density at radius 1 is 1.07 bits per heavy atom. The van der Waals surface area contributed by atoms with Crippen LogP contribution >= 0.6 is 0 Å². The van der Waals surface area contributed by atoms with Crippen LogP contribution in [-0.2, 0) is 25.9 Å². The van der Waals surface area contributed by atoms with Gasteiger partial charge in [-0.25, -0.2) is 4.79 Å². The lowest BCUT2D eigenvalue weighted by Crippen LogP contribution is -2.43. The number of aromatic nitrogens is 1. The molecule has 160 valence electrons. The molecule has 1 saturated heterocycles. The molecule has 2 aromatic rings. The van der Waals surface area contributed by atoms with E-state index in [1.54, 1.807) is 4.90 Å². The number of urea groups is 1. The number of amides is 2. The number of rotatable bonds is 7. The van der Waals surface area contributed by atoms with Crippen LogP contribution < -0.4 is 0 Å². The number of fused-ring (bicyclic) bond motifs is 1.